The largest absolute Gasteiger partial charge is 0.348 e. The molecule has 2 aliphatic rings. The van der Waals surface area contributed by atoms with Gasteiger partial charge in [0.25, 0.3) is 0 Å². The third kappa shape index (κ3) is 3.13. The number of rotatable bonds is 2. The molecule has 2 heterocycles. The van der Waals surface area contributed by atoms with Crippen LogP contribution in [0, 0.1) is 0 Å². The van der Waals surface area contributed by atoms with Crippen LogP contribution in [0.3, 0.4) is 0 Å². The van der Waals surface area contributed by atoms with E-state index in [2.05, 4.69) is 16.7 Å². The maximum absolute atomic E-state index is 12.3. The lowest BCUT2D eigenvalue weighted by Crippen LogP contribution is -2.47. The summed E-state index contributed by atoms with van der Waals surface area (Å²) in [5.74, 6) is 1.17. The minimum absolute atomic E-state index is 0.0269. The summed E-state index contributed by atoms with van der Waals surface area (Å²) in [4.78, 5) is 13.6. The van der Waals surface area contributed by atoms with E-state index in [0.717, 1.165) is 42.1 Å². The molecule has 108 valence electrons. The average molecular weight is 311 g/mol. The third-order valence-corrected chi connectivity index (χ3v) is 5.31. The number of benzene rings is 1. The Labute approximate surface area is 128 Å². The topological polar surface area (TPSA) is 41.1 Å². The summed E-state index contributed by atoms with van der Waals surface area (Å²) in [5, 5.41) is 7.24. The fourth-order valence-electron chi connectivity index (χ4n) is 2.86. The first kappa shape index (κ1) is 14.2. The van der Waals surface area contributed by atoms with Gasteiger partial charge in [-0.1, -0.05) is 18.0 Å². The molecule has 1 unspecified atom stereocenters. The molecular formula is C15H19ClN2OS. The molecule has 0 aromatic heterocycles. The van der Waals surface area contributed by atoms with E-state index in [1.165, 1.54) is 11.3 Å². The number of halogens is 1. The van der Waals surface area contributed by atoms with E-state index in [4.69, 9.17) is 11.6 Å². The lowest BCUT2D eigenvalue weighted by atomic mass is 10.0. The number of amides is 1. The van der Waals surface area contributed by atoms with E-state index < -0.39 is 0 Å². The van der Waals surface area contributed by atoms with E-state index in [1.54, 1.807) is 0 Å². The first-order valence-corrected chi connectivity index (χ1v) is 8.56. The van der Waals surface area contributed by atoms with E-state index in [9.17, 15) is 4.79 Å². The molecule has 2 atom stereocenters. The van der Waals surface area contributed by atoms with Crippen LogP contribution in [-0.4, -0.2) is 24.2 Å². The Balaban J connectivity index is 1.72. The zero-order chi connectivity index (χ0) is 13.9. The minimum Gasteiger partial charge on any atom is -0.348 e. The highest BCUT2D eigenvalue weighted by Gasteiger charge is 2.26. The Morgan fingerprint density at radius 3 is 3.05 bits per heavy atom. The number of carbonyl (C=O) groups excluding carboxylic acids is 1. The van der Waals surface area contributed by atoms with Crippen LogP contribution in [0.4, 0.5) is 0 Å². The molecule has 1 amide bonds. The van der Waals surface area contributed by atoms with E-state index in [0.29, 0.717) is 0 Å². The van der Waals surface area contributed by atoms with E-state index >= 15 is 0 Å². The van der Waals surface area contributed by atoms with Gasteiger partial charge in [0.1, 0.15) is 0 Å². The molecule has 3 nitrogen and oxygen atoms in total. The van der Waals surface area contributed by atoms with Gasteiger partial charge in [-0.15, -0.1) is 11.8 Å². The van der Waals surface area contributed by atoms with Crippen LogP contribution in [0.2, 0.25) is 5.02 Å². The smallest absolute Gasteiger partial charge is 0.237 e. The zero-order valence-corrected chi connectivity index (χ0v) is 12.9. The number of hydrogen-bond acceptors (Lipinski definition) is 3. The lowest BCUT2D eigenvalue weighted by Gasteiger charge is -2.29. The molecule has 1 saturated heterocycles. The summed E-state index contributed by atoms with van der Waals surface area (Å²) in [6.45, 7) is 0.945. The van der Waals surface area contributed by atoms with Gasteiger partial charge in [-0.05, 0) is 49.6 Å². The van der Waals surface area contributed by atoms with Crippen molar-refractivity contribution in [3.8, 4) is 0 Å². The summed E-state index contributed by atoms with van der Waals surface area (Å²) in [5.41, 5.74) is 1.16. The first-order chi connectivity index (χ1) is 9.74. The molecule has 20 heavy (non-hydrogen) atoms. The second-order valence-electron chi connectivity index (χ2n) is 5.38. The van der Waals surface area contributed by atoms with Crippen LogP contribution in [0.15, 0.2) is 23.1 Å². The highest BCUT2D eigenvalue weighted by atomic mass is 35.5. The summed E-state index contributed by atoms with van der Waals surface area (Å²) in [6, 6.07) is 6.03. The second-order valence-corrected chi connectivity index (χ2v) is 6.96. The van der Waals surface area contributed by atoms with Crippen molar-refractivity contribution in [2.24, 2.45) is 0 Å². The number of carbonyl (C=O) groups is 1. The van der Waals surface area contributed by atoms with Gasteiger partial charge < -0.3 is 10.6 Å². The van der Waals surface area contributed by atoms with Crippen LogP contribution < -0.4 is 10.6 Å². The van der Waals surface area contributed by atoms with E-state index in [-0.39, 0.29) is 18.0 Å². The lowest BCUT2D eigenvalue weighted by molar-refractivity contribution is -0.124. The molecule has 3 rings (SSSR count). The Morgan fingerprint density at radius 2 is 2.25 bits per heavy atom. The molecule has 1 aromatic carbocycles. The Kier molecular flexibility index (Phi) is 4.54. The normalized spacial score (nSPS) is 25.9. The van der Waals surface area contributed by atoms with Gasteiger partial charge in [0.2, 0.25) is 5.91 Å². The van der Waals surface area contributed by atoms with Crippen molar-refractivity contribution in [2.45, 2.75) is 42.7 Å². The van der Waals surface area contributed by atoms with Crippen molar-refractivity contribution in [1.82, 2.24) is 10.6 Å². The number of piperidine rings is 1. The Morgan fingerprint density at radius 1 is 1.35 bits per heavy atom. The van der Waals surface area contributed by atoms with Gasteiger partial charge in [-0.3, -0.25) is 4.79 Å². The van der Waals surface area contributed by atoms with Crippen LogP contribution in [0.1, 0.15) is 37.3 Å². The fourth-order valence-corrected chi connectivity index (χ4v) is 4.15. The summed E-state index contributed by atoms with van der Waals surface area (Å²) >= 11 is 7.93. The molecule has 0 radical (unpaired) electrons. The van der Waals surface area contributed by atoms with Crippen LogP contribution in [-0.2, 0) is 4.79 Å². The van der Waals surface area contributed by atoms with Gasteiger partial charge >= 0.3 is 0 Å². The maximum Gasteiger partial charge on any atom is 0.237 e. The average Bonchev–Trinajstić information content (AvgIpc) is 2.49. The molecule has 0 spiro atoms. The van der Waals surface area contributed by atoms with Crippen LogP contribution in [0.5, 0.6) is 0 Å². The second kappa shape index (κ2) is 6.37. The van der Waals surface area contributed by atoms with Crippen molar-refractivity contribution in [2.75, 3.05) is 12.3 Å². The molecule has 0 saturated carbocycles. The molecule has 0 bridgehead atoms. The Bertz CT molecular complexity index is 503. The number of nitrogens with one attached hydrogen (secondary N) is 2. The summed E-state index contributed by atoms with van der Waals surface area (Å²) in [6.07, 6.45) is 4.21. The molecule has 1 aromatic rings. The fraction of sp³-hybridized carbons (Fsp3) is 0.533. The van der Waals surface area contributed by atoms with Crippen molar-refractivity contribution in [3.05, 3.63) is 28.8 Å². The van der Waals surface area contributed by atoms with Crippen LogP contribution in [0.25, 0.3) is 0 Å². The number of fused-ring (bicyclic) bond motifs is 1. The maximum atomic E-state index is 12.3. The SMILES string of the molecule is O=C(NC1CCSc2ccc(Cl)cc21)[C@H]1CCCCN1. The quantitative estimate of drug-likeness (QED) is 0.882. The summed E-state index contributed by atoms with van der Waals surface area (Å²) in [7, 11) is 0. The van der Waals surface area contributed by atoms with Crippen molar-refractivity contribution in [1.29, 1.82) is 0 Å². The van der Waals surface area contributed by atoms with E-state index in [1.807, 2.05) is 23.9 Å². The standard InChI is InChI=1S/C15H19ClN2OS/c16-10-4-5-14-11(9-10)12(6-8-20-14)18-15(19)13-3-1-2-7-17-13/h4-5,9,12-13,17H,1-3,6-8H2,(H,18,19)/t12?,13-/m1/s1. The van der Waals surface area contributed by atoms with Gasteiger partial charge in [-0.25, -0.2) is 0 Å². The van der Waals surface area contributed by atoms with Gasteiger partial charge in [0.05, 0.1) is 12.1 Å². The van der Waals surface area contributed by atoms with Crippen LogP contribution >= 0.6 is 23.4 Å². The number of hydrogen-bond donors (Lipinski definition) is 2. The van der Waals surface area contributed by atoms with Crippen molar-refractivity contribution < 1.29 is 4.79 Å². The predicted octanol–water partition coefficient (Wildman–Crippen LogP) is 3.14. The van der Waals surface area contributed by atoms with Gasteiger partial charge in [0, 0.05) is 15.7 Å². The summed E-state index contributed by atoms with van der Waals surface area (Å²) < 4.78 is 0. The molecule has 0 aliphatic carbocycles. The van der Waals surface area contributed by atoms with Gasteiger partial charge in [0.15, 0.2) is 0 Å². The zero-order valence-electron chi connectivity index (χ0n) is 11.3. The first-order valence-electron chi connectivity index (χ1n) is 7.20. The highest BCUT2D eigenvalue weighted by molar-refractivity contribution is 7.99. The molecule has 5 heteroatoms. The molecular weight excluding hydrogens is 292 g/mol. The highest BCUT2D eigenvalue weighted by Crippen LogP contribution is 2.37. The Hall–Kier alpha value is -0.710. The van der Waals surface area contributed by atoms with Crippen molar-refractivity contribution >= 4 is 29.3 Å². The monoisotopic (exact) mass is 310 g/mol. The molecule has 2 N–H and O–H groups in total. The molecule has 1 fully saturated rings. The molecule has 2 aliphatic heterocycles. The minimum atomic E-state index is -0.0269. The predicted molar refractivity (Wildman–Crippen MR) is 83.3 cm³/mol. The number of thioether (sulfide) groups is 1. The van der Waals surface area contributed by atoms with Crippen molar-refractivity contribution in [3.63, 3.8) is 0 Å². The van der Waals surface area contributed by atoms with Gasteiger partial charge in [-0.2, -0.15) is 0 Å². The third-order valence-electron chi connectivity index (χ3n) is 3.95.